The van der Waals surface area contributed by atoms with Crippen LogP contribution in [0.3, 0.4) is 0 Å². The fraction of sp³-hybridized carbons (Fsp3) is 0.438. The number of rotatable bonds is 2. The third-order valence-electron chi connectivity index (χ3n) is 4.22. The summed E-state index contributed by atoms with van der Waals surface area (Å²) in [5.41, 5.74) is 6.04. The summed E-state index contributed by atoms with van der Waals surface area (Å²) in [6.07, 6.45) is 2.45. The number of halogens is 1. The van der Waals surface area contributed by atoms with Crippen molar-refractivity contribution in [2.75, 3.05) is 13.1 Å². The highest BCUT2D eigenvalue weighted by atomic mass is 79.9. The Bertz CT molecular complexity index is 612. The molecule has 3 rings (SSSR count). The second-order valence-electron chi connectivity index (χ2n) is 5.64. The molecule has 3 nitrogen and oxygen atoms in total. The maximum absolute atomic E-state index is 4.53. The van der Waals surface area contributed by atoms with Crippen molar-refractivity contribution in [2.45, 2.75) is 32.6 Å². The summed E-state index contributed by atoms with van der Waals surface area (Å²) in [5.74, 6) is 0.533. The number of piperidine rings is 1. The van der Waals surface area contributed by atoms with Gasteiger partial charge >= 0.3 is 0 Å². The van der Waals surface area contributed by atoms with Gasteiger partial charge in [0.25, 0.3) is 0 Å². The second kappa shape index (κ2) is 5.70. The first kappa shape index (κ1) is 13.8. The van der Waals surface area contributed by atoms with Crippen molar-refractivity contribution in [3.63, 3.8) is 0 Å². The van der Waals surface area contributed by atoms with E-state index in [-0.39, 0.29) is 0 Å². The van der Waals surface area contributed by atoms with Crippen LogP contribution < -0.4 is 5.32 Å². The van der Waals surface area contributed by atoms with E-state index in [0.717, 1.165) is 23.3 Å². The number of nitrogens with zero attached hydrogens (tertiary/aromatic N) is 1. The Labute approximate surface area is 128 Å². The minimum atomic E-state index is 0.533. The molecule has 0 radical (unpaired) electrons. The lowest BCUT2D eigenvalue weighted by Gasteiger charge is -2.21. The van der Waals surface area contributed by atoms with Gasteiger partial charge in [0.1, 0.15) is 5.69 Å². The van der Waals surface area contributed by atoms with E-state index in [1.54, 1.807) is 0 Å². The van der Waals surface area contributed by atoms with Crippen LogP contribution in [0.2, 0.25) is 0 Å². The molecule has 2 heterocycles. The van der Waals surface area contributed by atoms with E-state index in [0.29, 0.717) is 5.92 Å². The number of aryl methyl sites for hydroxylation is 2. The Morgan fingerprint density at radius 2 is 2.10 bits per heavy atom. The van der Waals surface area contributed by atoms with Gasteiger partial charge in [0.05, 0.1) is 10.2 Å². The largest absolute Gasteiger partial charge is 0.316 e. The van der Waals surface area contributed by atoms with Crippen LogP contribution in [0.5, 0.6) is 0 Å². The number of aromatic nitrogens is 2. The summed E-state index contributed by atoms with van der Waals surface area (Å²) in [7, 11) is 0. The molecule has 1 aromatic carbocycles. The average Bonchev–Trinajstić information content (AvgIpc) is 2.85. The zero-order valence-corrected chi connectivity index (χ0v) is 13.5. The molecule has 1 aromatic heterocycles. The van der Waals surface area contributed by atoms with Gasteiger partial charge in [0, 0.05) is 18.0 Å². The predicted octanol–water partition coefficient (Wildman–Crippen LogP) is 3.92. The first-order chi connectivity index (χ1) is 9.66. The van der Waals surface area contributed by atoms with Crippen LogP contribution in [-0.2, 0) is 0 Å². The van der Waals surface area contributed by atoms with Crippen molar-refractivity contribution in [3.05, 3.63) is 39.5 Å². The minimum absolute atomic E-state index is 0.533. The molecule has 1 fully saturated rings. The first-order valence-electron chi connectivity index (χ1n) is 7.19. The second-order valence-corrected chi connectivity index (χ2v) is 6.44. The molecule has 2 aromatic rings. The van der Waals surface area contributed by atoms with E-state index in [4.69, 9.17) is 0 Å². The van der Waals surface area contributed by atoms with Crippen molar-refractivity contribution in [3.8, 4) is 11.3 Å². The Balaban J connectivity index is 1.94. The van der Waals surface area contributed by atoms with Gasteiger partial charge in [-0.3, -0.25) is 5.10 Å². The maximum Gasteiger partial charge on any atom is 0.107 e. The van der Waals surface area contributed by atoms with Crippen LogP contribution in [0, 0.1) is 13.8 Å². The lowest BCUT2D eigenvalue weighted by molar-refractivity contribution is 0.453. The summed E-state index contributed by atoms with van der Waals surface area (Å²) in [5, 5.41) is 11.2. The van der Waals surface area contributed by atoms with E-state index in [1.807, 2.05) is 0 Å². The summed E-state index contributed by atoms with van der Waals surface area (Å²) in [6, 6.07) is 6.51. The molecule has 0 spiro atoms. The van der Waals surface area contributed by atoms with Gasteiger partial charge in [0.15, 0.2) is 0 Å². The van der Waals surface area contributed by atoms with E-state index in [9.17, 15) is 0 Å². The highest BCUT2D eigenvalue weighted by molar-refractivity contribution is 9.10. The minimum Gasteiger partial charge on any atom is -0.316 e. The Morgan fingerprint density at radius 3 is 2.80 bits per heavy atom. The monoisotopic (exact) mass is 333 g/mol. The summed E-state index contributed by atoms with van der Waals surface area (Å²) in [4.78, 5) is 0. The number of benzene rings is 1. The zero-order valence-electron chi connectivity index (χ0n) is 12.0. The molecule has 0 bridgehead atoms. The van der Waals surface area contributed by atoms with Gasteiger partial charge in [-0.05, 0) is 66.4 Å². The van der Waals surface area contributed by atoms with Gasteiger partial charge < -0.3 is 5.32 Å². The van der Waals surface area contributed by atoms with E-state index in [1.165, 1.54) is 35.2 Å². The highest BCUT2D eigenvalue weighted by Gasteiger charge is 2.22. The molecule has 0 aliphatic carbocycles. The van der Waals surface area contributed by atoms with Crippen LogP contribution in [0.15, 0.2) is 22.7 Å². The molecule has 0 amide bonds. The van der Waals surface area contributed by atoms with Crippen LogP contribution in [0.25, 0.3) is 11.3 Å². The number of aromatic amines is 1. The quantitative estimate of drug-likeness (QED) is 0.874. The fourth-order valence-electron chi connectivity index (χ4n) is 2.79. The SMILES string of the molecule is Cc1ccc(-c2n[nH]c(C3CCCNC3)c2Br)cc1C. The standard InChI is InChI=1S/C16H20BrN3/c1-10-5-6-12(8-11(10)2)15-14(17)16(20-19-15)13-4-3-7-18-9-13/h5-6,8,13,18H,3-4,7,9H2,1-2H3,(H,19,20). The Kier molecular flexibility index (Phi) is 3.94. The number of H-pyrrole nitrogens is 1. The van der Waals surface area contributed by atoms with Crippen molar-refractivity contribution in [1.29, 1.82) is 0 Å². The van der Waals surface area contributed by atoms with Gasteiger partial charge in [-0.1, -0.05) is 12.1 Å². The predicted molar refractivity (Wildman–Crippen MR) is 86.0 cm³/mol. The normalized spacial score (nSPS) is 19.2. The van der Waals surface area contributed by atoms with Crippen LogP contribution in [0.4, 0.5) is 0 Å². The molecule has 1 unspecified atom stereocenters. The van der Waals surface area contributed by atoms with Crippen LogP contribution in [0.1, 0.15) is 35.6 Å². The van der Waals surface area contributed by atoms with E-state index >= 15 is 0 Å². The summed E-state index contributed by atoms with van der Waals surface area (Å²) in [6.45, 7) is 6.45. The van der Waals surface area contributed by atoms with Gasteiger partial charge in [-0.25, -0.2) is 0 Å². The van der Waals surface area contributed by atoms with Crippen LogP contribution in [-0.4, -0.2) is 23.3 Å². The van der Waals surface area contributed by atoms with E-state index in [2.05, 4.69) is 63.5 Å². The summed E-state index contributed by atoms with van der Waals surface area (Å²) < 4.78 is 1.12. The molecular weight excluding hydrogens is 314 g/mol. The molecule has 106 valence electrons. The smallest absolute Gasteiger partial charge is 0.107 e. The van der Waals surface area contributed by atoms with Crippen LogP contribution >= 0.6 is 15.9 Å². The third-order valence-corrected chi connectivity index (χ3v) is 5.02. The number of hydrogen-bond acceptors (Lipinski definition) is 2. The molecule has 1 saturated heterocycles. The summed E-state index contributed by atoms with van der Waals surface area (Å²) >= 11 is 3.75. The van der Waals surface area contributed by atoms with Crippen molar-refractivity contribution >= 4 is 15.9 Å². The van der Waals surface area contributed by atoms with Crippen molar-refractivity contribution in [2.24, 2.45) is 0 Å². The third kappa shape index (κ3) is 2.54. The highest BCUT2D eigenvalue weighted by Crippen LogP contribution is 2.35. The van der Waals surface area contributed by atoms with Crippen molar-refractivity contribution in [1.82, 2.24) is 15.5 Å². The molecule has 4 heteroatoms. The lowest BCUT2D eigenvalue weighted by atomic mass is 9.95. The Hall–Kier alpha value is -1.13. The van der Waals surface area contributed by atoms with Gasteiger partial charge in [-0.2, -0.15) is 5.10 Å². The fourth-order valence-corrected chi connectivity index (χ4v) is 3.52. The Morgan fingerprint density at radius 1 is 1.25 bits per heavy atom. The van der Waals surface area contributed by atoms with Gasteiger partial charge in [-0.15, -0.1) is 0 Å². The lowest BCUT2D eigenvalue weighted by Crippen LogP contribution is -2.28. The molecule has 1 aliphatic rings. The molecule has 20 heavy (non-hydrogen) atoms. The molecule has 1 atom stereocenters. The molecule has 2 N–H and O–H groups in total. The van der Waals surface area contributed by atoms with E-state index < -0.39 is 0 Å². The number of hydrogen-bond donors (Lipinski definition) is 2. The first-order valence-corrected chi connectivity index (χ1v) is 7.98. The number of nitrogens with one attached hydrogen (secondary N) is 2. The topological polar surface area (TPSA) is 40.7 Å². The maximum atomic E-state index is 4.53. The molecule has 0 saturated carbocycles. The van der Waals surface area contributed by atoms with Crippen molar-refractivity contribution < 1.29 is 0 Å². The zero-order chi connectivity index (χ0) is 14.1. The average molecular weight is 334 g/mol. The molecule has 1 aliphatic heterocycles. The molecular formula is C16H20BrN3. The van der Waals surface area contributed by atoms with Gasteiger partial charge in [0.2, 0.25) is 0 Å².